The van der Waals surface area contributed by atoms with Gasteiger partial charge in [0.2, 0.25) is 0 Å². The van der Waals surface area contributed by atoms with Gasteiger partial charge in [-0.2, -0.15) is 0 Å². The van der Waals surface area contributed by atoms with Crippen LogP contribution in [0.2, 0.25) is 0 Å². The van der Waals surface area contributed by atoms with Crippen LogP contribution in [0, 0.1) is 0 Å². The average Bonchev–Trinajstić information content (AvgIpc) is 3.05. The van der Waals surface area contributed by atoms with Gasteiger partial charge in [0.1, 0.15) is 11.5 Å². The molecule has 0 atom stereocenters. The fourth-order valence-electron chi connectivity index (χ4n) is 1.86. The number of thiophene rings is 1. The molecule has 0 aliphatic rings. The fourth-order valence-corrected chi connectivity index (χ4v) is 2.60. The average molecular weight is 319 g/mol. The van der Waals surface area contributed by atoms with E-state index in [0.717, 1.165) is 10.4 Å². The lowest BCUT2D eigenvalue weighted by Crippen LogP contribution is -2.27. The maximum Gasteiger partial charge on any atom is 0.259 e. The number of hydrogen-bond acceptors (Lipinski definition) is 5. The highest BCUT2D eigenvalue weighted by molar-refractivity contribution is 7.13. The Morgan fingerprint density at radius 1 is 1.32 bits per heavy atom. The van der Waals surface area contributed by atoms with Crippen LogP contribution >= 0.6 is 11.3 Å². The quantitative estimate of drug-likeness (QED) is 0.768. The number of nitrogens with zero attached hydrogens (tertiary/aromatic N) is 1. The Morgan fingerprint density at radius 2 is 2.09 bits per heavy atom. The van der Waals surface area contributed by atoms with Gasteiger partial charge in [-0.1, -0.05) is 6.07 Å². The van der Waals surface area contributed by atoms with E-state index in [1.165, 1.54) is 4.90 Å². The van der Waals surface area contributed by atoms with Gasteiger partial charge in [0.05, 0.1) is 12.7 Å². The highest BCUT2D eigenvalue weighted by atomic mass is 32.1. The van der Waals surface area contributed by atoms with E-state index in [0.29, 0.717) is 23.3 Å². The summed E-state index contributed by atoms with van der Waals surface area (Å²) in [6.07, 6.45) is 0.714. The van der Waals surface area contributed by atoms with Crippen molar-refractivity contribution in [3.05, 3.63) is 35.2 Å². The van der Waals surface area contributed by atoms with Crippen molar-refractivity contribution in [3.63, 3.8) is 0 Å². The molecule has 0 aliphatic heterocycles. The number of carbonyl (C=O) groups is 2. The number of amides is 1. The standard InChI is InChI=1S/C16H17NO4S/c1-17(2)16(19)10-21-13-8-14(20-3)12(7-11(13)9-18)15-5-4-6-22-15/h4-9H,10H2,1-3H3. The molecule has 0 unspecified atom stereocenters. The molecule has 5 nitrogen and oxygen atoms in total. The highest BCUT2D eigenvalue weighted by Crippen LogP contribution is 2.37. The predicted octanol–water partition coefficient (Wildman–Crippen LogP) is 2.70. The first-order valence-corrected chi connectivity index (χ1v) is 7.48. The Labute approximate surface area is 133 Å². The van der Waals surface area contributed by atoms with Crippen LogP contribution in [0.25, 0.3) is 10.4 Å². The topological polar surface area (TPSA) is 55.8 Å². The summed E-state index contributed by atoms with van der Waals surface area (Å²) in [4.78, 5) is 25.3. The van der Waals surface area contributed by atoms with Gasteiger partial charge in [-0.3, -0.25) is 9.59 Å². The Kier molecular flexibility index (Phi) is 5.16. The second kappa shape index (κ2) is 7.09. The van der Waals surface area contributed by atoms with Crippen molar-refractivity contribution >= 4 is 23.5 Å². The van der Waals surface area contributed by atoms with Crippen LogP contribution in [0.3, 0.4) is 0 Å². The summed E-state index contributed by atoms with van der Waals surface area (Å²) in [5.74, 6) is 0.751. The molecule has 0 N–H and O–H groups in total. The van der Waals surface area contributed by atoms with Crippen LogP contribution < -0.4 is 9.47 Å². The highest BCUT2D eigenvalue weighted by Gasteiger charge is 2.15. The summed E-state index contributed by atoms with van der Waals surface area (Å²) in [5, 5.41) is 1.95. The van der Waals surface area contributed by atoms with Gasteiger partial charge in [-0.15, -0.1) is 11.3 Å². The van der Waals surface area contributed by atoms with Gasteiger partial charge in [0.25, 0.3) is 5.91 Å². The third-order valence-electron chi connectivity index (χ3n) is 3.10. The van der Waals surface area contributed by atoms with E-state index in [1.807, 2.05) is 17.5 Å². The summed E-state index contributed by atoms with van der Waals surface area (Å²) < 4.78 is 10.8. The largest absolute Gasteiger partial charge is 0.496 e. The fraction of sp³-hybridized carbons (Fsp3) is 0.250. The maximum absolute atomic E-state index is 11.6. The normalized spacial score (nSPS) is 10.1. The zero-order chi connectivity index (χ0) is 16.1. The van der Waals surface area contributed by atoms with E-state index in [4.69, 9.17) is 9.47 Å². The van der Waals surface area contributed by atoms with Crippen LogP contribution in [0.5, 0.6) is 11.5 Å². The molecule has 0 bridgehead atoms. The molecule has 1 amide bonds. The second-order valence-electron chi connectivity index (χ2n) is 4.76. The molecule has 2 rings (SSSR count). The first-order valence-electron chi connectivity index (χ1n) is 6.61. The first kappa shape index (κ1) is 16.0. The minimum Gasteiger partial charge on any atom is -0.496 e. The molecule has 116 valence electrons. The van der Waals surface area contributed by atoms with Crippen molar-refractivity contribution in [2.75, 3.05) is 27.8 Å². The molecule has 0 fully saturated rings. The lowest BCUT2D eigenvalue weighted by molar-refractivity contribution is -0.130. The smallest absolute Gasteiger partial charge is 0.259 e. The van der Waals surface area contributed by atoms with Crippen LogP contribution in [0.15, 0.2) is 29.6 Å². The molecule has 0 aliphatic carbocycles. The van der Waals surface area contributed by atoms with Gasteiger partial charge < -0.3 is 14.4 Å². The Hall–Kier alpha value is -2.34. The van der Waals surface area contributed by atoms with Crippen molar-refractivity contribution in [2.45, 2.75) is 0 Å². The van der Waals surface area contributed by atoms with E-state index in [9.17, 15) is 9.59 Å². The summed E-state index contributed by atoms with van der Waals surface area (Å²) in [5.41, 5.74) is 1.21. The Bertz CT molecular complexity index is 665. The SMILES string of the molecule is COc1cc(OCC(=O)N(C)C)c(C=O)cc1-c1cccs1. The number of likely N-dealkylation sites (N-methyl/N-ethyl adjacent to an activating group) is 1. The van der Waals surface area contributed by atoms with Gasteiger partial charge in [0.15, 0.2) is 12.9 Å². The molecule has 1 aromatic heterocycles. The zero-order valence-electron chi connectivity index (χ0n) is 12.7. The summed E-state index contributed by atoms with van der Waals surface area (Å²) >= 11 is 1.56. The van der Waals surface area contributed by atoms with Crippen LogP contribution in [0.1, 0.15) is 10.4 Å². The summed E-state index contributed by atoms with van der Waals surface area (Å²) in [6.45, 7) is -0.130. The van der Waals surface area contributed by atoms with E-state index < -0.39 is 0 Å². The van der Waals surface area contributed by atoms with Crippen molar-refractivity contribution < 1.29 is 19.1 Å². The third kappa shape index (κ3) is 3.46. The van der Waals surface area contributed by atoms with Crippen molar-refractivity contribution in [1.82, 2.24) is 4.90 Å². The molecule has 0 radical (unpaired) electrons. The second-order valence-corrected chi connectivity index (χ2v) is 5.71. The summed E-state index contributed by atoms with van der Waals surface area (Å²) in [6, 6.07) is 7.24. The minimum absolute atomic E-state index is 0.130. The minimum atomic E-state index is -0.182. The number of ether oxygens (including phenoxy) is 2. The number of aldehydes is 1. The molecule has 6 heteroatoms. The van der Waals surface area contributed by atoms with Gasteiger partial charge in [-0.25, -0.2) is 0 Å². The number of rotatable bonds is 6. The van der Waals surface area contributed by atoms with Crippen molar-refractivity contribution in [2.24, 2.45) is 0 Å². The van der Waals surface area contributed by atoms with Crippen molar-refractivity contribution in [3.8, 4) is 21.9 Å². The van der Waals surface area contributed by atoms with E-state index in [2.05, 4.69) is 0 Å². The first-order chi connectivity index (χ1) is 10.6. The molecular formula is C16H17NO4S. The van der Waals surface area contributed by atoms with Crippen molar-refractivity contribution in [1.29, 1.82) is 0 Å². The molecule has 1 heterocycles. The maximum atomic E-state index is 11.6. The lowest BCUT2D eigenvalue weighted by atomic mass is 10.1. The van der Waals surface area contributed by atoms with Gasteiger partial charge in [-0.05, 0) is 17.5 Å². The number of methoxy groups -OCH3 is 1. The number of carbonyl (C=O) groups excluding carboxylic acids is 2. The number of hydrogen-bond donors (Lipinski definition) is 0. The van der Waals surface area contributed by atoms with Gasteiger partial charge in [0, 0.05) is 30.6 Å². The molecule has 0 saturated carbocycles. The van der Waals surface area contributed by atoms with E-state index in [1.54, 1.807) is 44.7 Å². The molecule has 1 aromatic carbocycles. The zero-order valence-corrected chi connectivity index (χ0v) is 13.5. The Balaban J connectivity index is 2.35. The summed E-state index contributed by atoms with van der Waals surface area (Å²) in [7, 11) is 4.85. The number of benzene rings is 1. The third-order valence-corrected chi connectivity index (χ3v) is 4.00. The monoisotopic (exact) mass is 319 g/mol. The van der Waals surface area contributed by atoms with Gasteiger partial charge >= 0.3 is 0 Å². The molecule has 0 saturated heterocycles. The molecule has 22 heavy (non-hydrogen) atoms. The van der Waals surface area contributed by atoms with E-state index >= 15 is 0 Å². The van der Waals surface area contributed by atoms with Crippen LogP contribution in [-0.2, 0) is 4.79 Å². The lowest BCUT2D eigenvalue weighted by Gasteiger charge is -2.15. The molecule has 2 aromatic rings. The van der Waals surface area contributed by atoms with Crippen LogP contribution in [-0.4, -0.2) is 44.9 Å². The molecule has 0 spiro atoms. The van der Waals surface area contributed by atoms with Crippen LogP contribution in [0.4, 0.5) is 0 Å². The molecular weight excluding hydrogens is 302 g/mol. The Morgan fingerprint density at radius 3 is 2.64 bits per heavy atom. The predicted molar refractivity (Wildman–Crippen MR) is 85.9 cm³/mol. The van der Waals surface area contributed by atoms with E-state index in [-0.39, 0.29) is 12.5 Å².